The van der Waals surface area contributed by atoms with Gasteiger partial charge in [-0.1, -0.05) is 227 Å². The van der Waals surface area contributed by atoms with Crippen LogP contribution in [-0.4, -0.2) is 99.6 Å². The highest BCUT2D eigenvalue weighted by atomic mass is 16.7. The SMILES string of the molecule is CC/C=C\C/C=C\C/C=C\C/C=C\C/C=C\C/C=C\CCCCCCC(=O)OC1C(OCC(NC(=O)C(O)CCCC/C=C\CCCCCCCC)C(O)/C=C/CCCCCCCCCCCC)OC(CO)C(O)C1O. The first-order valence-corrected chi connectivity index (χ1v) is 30.5. The van der Waals surface area contributed by atoms with Crippen molar-refractivity contribution < 1.29 is 49.3 Å². The van der Waals surface area contributed by atoms with E-state index >= 15 is 0 Å². The normalized spacial score (nSPS) is 19.8. The van der Waals surface area contributed by atoms with Crippen molar-refractivity contribution in [2.24, 2.45) is 0 Å². The fraction of sp³-hybridized carbons (Fsp3) is 0.723. The average molecular weight is 1070 g/mol. The summed E-state index contributed by atoms with van der Waals surface area (Å²) in [5.74, 6) is -1.24. The third-order valence-electron chi connectivity index (χ3n) is 13.7. The van der Waals surface area contributed by atoms with Gasteiger partial charge in [-0.15, -0.1) is 0 Å². The van der Waals surface area contributed by atoms with E-state index in [1.807, 2.05) is 6.08 Å². The van der Waals surface area contributed by atoms with Gasteiger partial charge >= 0.3 is 5.97 Å². The quantitative estimate of drug-likeness (QED) is 0.0195. The predicted molar refractivity (Wildman–Crippen MR) is 315 cm³/mol. The van der Waals surface area contributed by atoms with Crippen molar-refractivity contribution in [2.75, 3.05) is 13.2 Å². The molecule has 1 amide bonds. The van der Waals surface area contributed by atoms with Crippen molar-refractivity contribution in [3.05, 3.63) is 97.2 Å². The molecular weight excluding hydrogens is 955 g/mol. The molecule has 1 aliphatic heterocycles. The number of carbonyl (C=O) groups excluding carboxylic acids is 2. The lowest BCUT2D eigenvalue weighted by Gasteiger charge is -2.41. The lowest BCUT2D eigenvalue weighted by Crippen LogP contribution is -2.61. The summed E-state index contributed by atoms with van der Waals surface area (Å²) >= 11 is 0. The number of rotatable bonds is 50. The Morgan fingerprint density at radius 2 is 0.947 bits per heavy atom. The van der Waals surface area contributed by atoms with Crippen LogP contribution >= 0.6 is 0 Å². The van der Waals surface area contributed by atoms with Crippen LogP contribution in [0.4, 0.5) is 0 Å². The topological polar surface area (TPSA) is 175 Å². The summed E-state index contributed by atoms with van der Waals surface area (Å²) in [6, 6.07) is -1.04. The maximum absolute atomic E-state index is 13.4. The zero-order chi connectivity index (χ0) is 55.4. The number of aliphatic hydroxyl groups is 5. The summed E-state index contributed by atoms with van der Waals surface area (Å²) in [7, 11) is 0. The van der Waals surface area contributed by atoms with Crippen molar-refractivity contribution in [2.45, 2.75) is 288 Å². The summed E-state index contributed by atoms with van der Waals surface area (Å²) in [5, 5.41) is 56.8. The number of hydrogen-bond donors (Lipinski definition) is 6. The van der Waals surface area contributed by atoms with Crippen molar-refractivity contribution in [3.8, 4) is 0 Å². The number of amides is 1. The van der Waals surface area contributed by atoms with Gasteiger partial charge in [0.05, 0.1) is 25.4 Å². The van der Waals surface area contributed by atoms with Crippen LogP contribution in [0.25, 0.3) is 0 Å². The second-order valence-corrected chi connectivity index (χ2v) is 20.7. The van der Waals surface area contributed by atoms with Gasteiger partial charge in [0.2, 0.25) is 5.91 Å². The minimum Gasteiger partial charge on any atom is -0.454 e. The molecule has 1 aliphatic rings. The summed E-state index contributed by atoms with van der Waals surface area (Å²) in [5.41, 5.74) is 0. The number of allylic oxidation sites excluding steroid dienone is 15. The first-order valence-electron chi connectivity index (χ1n) is 30.5. The van der Waals surface area contributed by atoms with Crippen molar-refractivity contribution >= 4 is 11.9 Å². The van der Waals surface area contributed by atoms with Crippen LogP contribution in [-0.2, 0) is 23.8 Å². The number of esters is 1. The summed E-state index contributed by atoms with van der Waals surface area (Å²) in [6.45, 7) is 5.62. The third-order valence-corrected chi connectivity index (χ3v) is 13.7. The molecule has 1 heterocycles. The van der Waals surface area contributed by atoms with Gasteiger partial charge in [-0.05, 0) is 103 Å². The Morgan fingerprint density at radius 1 is 0.526 bits per heavy atom. The van der Waals surface area contributed by atoms with Gasteiger partial charge in [-0.25, -0.2) is 0 Å². The highest BCUT2D eigenvalue weighted by molar-refractivity contribution is 5.80. The van der Waals surface area contributed by atoms with Gasteiger partial charge in [-0.2, -0.15) is 0 Å². The molecule has 8 unspecified atom stereocenters. The van der Waals surface area contributed by atoms with E-state index in [-0.39, 0.29) is 19.4 Å². The van der Waals surface area contributed by atoms with Crippen molar-refractivity contribution in [1.82, 2.24) is 5.32 Å². The zero-order valence-electron chi connectivity index (χ0n) is 48.1. The molecule has 0 radical (unpaired) electrons. The lowest BCUT2D eigenvalue weighted by atomic mass is 9.99. The Morgan fingerprint density at radius 3 is 1.43 bits per heavy atom. The van der Waals surface area contributed by atoms with E-state index in [0.29, 0.717) is 12.8 Å². The van der Waals surface area contributed by atoms with Crippen LogP contribution < -0.4 is 5.32 Å². The van der Waals surface area contributed by atoms with Gasteiger partial charge in [0.25, 0.3) is 0 Å². The smallest absolute Gasteiger partial charge is 0.306 e. The Labute approximate surface area is 463 Å². The van der Waals surface area contributed by atoms with Crippen LogP contribution in [0.3, 0.4) is 0 Å². The van der Waals surface area contributed by atoms with Gasteiger partial charge in [0.1, 0.15) is 24.4 Å². The molecule has 76 heavy (non-hydrogen) atoms. The van der Waals surface area contributed by atoms with Crippen LogP contribution in [0.2, 0.25) is 0 Å². The van der Waals surface area contributed by atoms with Gasteiger partial charge < -0.3 is 45.1 Å². The average Bonchev–Trinajstić information content (AvgIpc) is 3.42. The van der Waals surface area contributed by atoms with E-state index in [0.717, 1.165) is 109 Å². The van der Waals surface area contributed by atoms with E-state index in [9.17, 15) is 35.1 Å². The summed E-state index contributed by atoms with van der Waals surface area (Å²) in [6.07, 6.45) is 58.8. The molecule has 6 N–H and O–H groups in total. The molecule has 1 rings (SSSR count). The predicted octanol–water partition coefficient (Wildman–Crippen LogP) is 14.3. The van der Waals surface area contributed by atoms with Crippen molar-refractivity contribution in [1.29, 1.82) is 0 Å². The Hall–Kier alpha value is -3.42. The maximum Gasteiger partial charge on any atom is 0.306 e. The summed E-state index contributed by atoms with van der Waals surface area (Å²) < 4.78 is 17.6. The molecule has 1 fully saturated rings. The molecule has 0 aromatic rings. The Balaban J connectivity index is 2.69. The molecule has 0 aromatic heterocycles. The number of aliphatic hydroxyl groups excluding tert-OH is 5. The molecule has 0 bridgehead atoms. The lowest BCUT2D eigenvalue weighted by molar-refractivity contribution is -0.305. The fourth-order valence-electron chi connectivity index (χ4n) is 8.88. The van der Waals surface area contributed by atoms with E-state index < -0.39 is 67.4 Å². The molecule has 8 atom stereocenters. The van der Waals surface area contributed by atoms with Crippen LogP contribution in [0.15, 0.2) is 97.2 Å². The van der Waals surface area contributed by atoms with E-state index in [4.69, 9.17) is 14.2 Å². The molecule has 11 heteroatoms. The zero-order valence-corrected chi connectivity index (χ0v) is 48.1. The second kappa shape index (κ2) is 52.3. The van der Waals surface area contributed by atoms with E-state index in [1.54, 1.807) is 6.08 Å². The van der Waals surface area contributed by atoms with Gasteiger partial charge in [0.15, 0.2) is 12.4 Å². The fourth-order valence-corrected chi connectivity index (χ4v) is 8.88. The minimum absolute atomic E-state index is 0.0873. The molecule has 0 aliphatic carbocycles. The van der Waals surface area contributed by atoms with E-state index in [1.165, 1.54) is 83.5 Å². The molecule has 0 aromatic carbocycles. The second-order valence-electron chi connectivity index (χ2n) is 20.7. The highest BCUT2D eigenvalue weighted by Gasteiger charge is 2.47. The van der Waals surface area contributed by atoms with Gasteiger partial charge in [0, 0.05) is 6.42 Å². The highest BCUT2D eigenvalue weighted by Crippen LogP contribution is 2.26. The number of ether oxygens (including phenoxy) is 3. The molecule has 11 nitrogen and oxygen atoms in total. The van der Waals surface area contributed by atoms with Crippen LogP contribution in [0, 0.1) is 0 Å². The van der Waals surface area contributed by atoms with Crippen LogP contribution in [0.1, 0.15) is 239 Å². The first kappa shape index (κ1) is 70.6. The number of carbonyl (C=O) groups is 2. The number of hydrogen-bond acceptors (Lipinski definition) is 10. The summed E-state index contributed by atoms with van der Waals surface area (Å²) in [4.78, 5) is 26.5. The molecule has 0 saturated carbocycles. The van der Waals surface area contributed by atoms with Crippen LogP contribution in [0.5, 0.6) is 0 Å². The number of nitrogens with one attached hydrogen (secondary N) is 1. The first-order chi connectivity index (χ1) is 37.2. The maximum atomic E-state index is 13.4. The Kier molecular flexibility index (Phi) is 48.6. The standard InChI is InChI=1S/C65H111NO10/c1-4-7-10-13-16-19-22-25-26-27-28-29-30-31-32-33-34-35-38-41-44-47-50-53-60(70)76-63-62(72)61(71)59(54-67)75-65(63)74-55-56(57(68)51-48-45-42-39-36-23-20-17-14-11-8-5-2)66-64(73)58(69)52-49-46-43-40-37-24-21-18-15-12-9-6-3/h7,10,16,19,25-26,28-29,31-32,34-35,37,40,48,51,56-59,61-63,65,67-69,71-72H,4-6,8-9,11-15,17-18,20-24,27,30,33,36,38-39,41-47,49-50,52-55H2,1-3H3,(H,66,73)/b10-7-,19-16-,26-25-,29-28-,32-31-,35-34-,40-37-,51-48+. The monoisotopic (exact) mass is 1070 g/mol. The van der Waals surface area contributed by atoms with Gasteiger partial charge in [-0.3, -0.25) is 9.59 Å². The molecule has 436 valence electrons. The van der Waals surface area contributed by atoms with E-state index in [2.05, 4.69) is 111 Å². The van der Waals surface area contributed by atoms with Crippen molar-refractivity contribution in [3.63, 3.8) is 0 Å². The third kappa shape index (κ3) is 39.9. The largest absolute Gasteiger partial charge is 0.454 e. The Bertz CT molecular complexity index is 1600. The number of unbranched alkanes of at least 4 members (excludes halogenated alkanes) is 22. The minimum atomic E-state index is -1.63. The molecular formula is C65H111NO10. The molecule has 0 spiro atoms. The molecule has 1 saturated heterocycles.